The van der Waals surface area contributed by atoms with Crippen LogP contribution in [0.3, 0.4) is 0 Å². The molecular weight excluding hydrogens is 250 g/mol. The van der Waals surface area contributed by atoms with Crippen LogP contribution in [0.4, 0.5) is 0 Å². The standard InChI is InChI=1S/C13H15NO5/c1-18-10-4-5-11(19-2)9(7-10)3-6-12(15)14-8-13(16)17/h3-7H,8H2,1-2H3,(H,14,15)(H,16,17)/p-1. The quantitative estimate of drug-likeness (QED) is 0.705. The largest absolute Gasteiger partial charge is 0.548 e. The maximum atomic E-state index is 11.3. The molecule has 0 radical (unpaired) electrons. The summed E-state index contributed by atoms with van der Waals surface area (Å²) in [6, 6.07) is 5.13. The van der Waals surface area contributed by atoms with Crippen LogP contribution in [-0.2, 0) is 9.59 Å². The first-order chi connectivity index (χ1) is 9.06. The number of carboxylic acid groups (broad SMARTS) is 1. The van der Waals surface area contributed by atoms with Gasteiger partial charge in [0, 0.05) is 11.6 Å². The van der Waals surface area contributed by atoms with E-state index in [1.165, 1.54) is 26.4 Å². The molecule has 0 bridgehead atoms. The lowest BCUT2D eigenvalue weighted by Gasteiger charge is -2.07. The van der Waals surface area contributed by atoms with Crippen molar-refractivity contribution in [3.8, 4) is 11.5 Å². The predicted octanol–water partition coefficient (Wildman–Crippen LogP) is -0.417. The molecule has 0 saturated heterocycles. The SMILES string of the molecule is COc1ccc(OC)c(C=CC(=O)NCC(=O)[O-])c1. The molecule has 0 heterocycles. The number of hydrogen-bond acceptors (Lipinski definition) is 5. The van der Waals surface area contributed by atoms with E-state index in [-0.39, 0.29) is 0 Å². The first-order valence-electron chi connectivity index (χ1n) is 5.44. The van der Waals surface area contributed by atoms with Gasteiger partial charge in [-0.05, 0) is 24.3 Å². The van der Waals surface area contributed by atoms with Gasteiger partial charge < -0.3 is 24.7 Å². The van der Waals surface area contributed by atoms with Crippen LogP contribution in [0.2, 0.25) is 0 Å². The molecule has 0 aromatic heterocycles. The van der Waals surface area contributed by atoms with Crippen molar-refractivity contribution >= 4 is 18.0 Å². The Bertz CT molecular complexity index is 496. The summed E-state index contributed by atoms with van der Waals surface area (Å²) in [6.45, 7) is -0.529. The number of nitrogens with one attached hydrogen (secondary N) is 1. The van der Waals surface area contributed by atoms with E-state index in [1.807, 2.05) is 0 Å². The highest BCUT2D eigenvalue weighted by molar-refractivity contribution is 5.93. The fourth-order valence-corrected chi connectivity index (χ4v) is 1.35. The van der Waals surface area contributed by atoms with Gasteiger partial charge in [-0.15, -0.1) is 0 Å². The smallest absolute Gasteiger partial charge is 0.244 e. The van der Waals surface area contributed by atoms with Gasteiger partial charge in [-0.25, -0.2) is 0 Å². The molecule has 0 spiro atoms. The molecule has 0 unspecified atom stereocenters. The summed E-state index contributed by atoms with van der Waals surface area (Å²) in [5.41, 5.74) is 0.644. The molecule has 1 N–H and O–H groups in total. The zero-order valence-electron chi connectivity index (χ0n) is 10.6. The number of benzene rings is 1. The highest BCUT2D eigenvalue weighted by atomic mass is 16.5. The second-order valence-corrected chi connectivity index (χ2v) is 3.53. The Hall–Kier alpha value is -2.50. The Labute approximate surface area is 110 Å². The number of rotatable bonds is 6. The van der Waals surface area contributed by atoms with Gasteiger partial charge in [0.1, 0.15) is 11.5 Å². The molecule has 0 fully saturated rings. The number of ether oxygens (including phenoxy) is 2. The van der Waals surface area contributed by atoms with Crippen molar-refractivity contribution in [1.82, 2.24) is 5.32 Å². The van der Waals surface area contributed by atoms with Crippen LogP contribution < -0.4 is 19.9 Å². The van der Waals surface area contributed by atoms with E-state index in [9.17, 15) is 14.7 Å². The zero-order chi connectivity index (χ0) is 14.3. The summed E-state index contributed by atoms with van der Waals surface area (Å²) in [5.74, 6) is -0.685. The summed E-state index contributed by atoms with van der Waals surface area (Å²) in [6.07, 6.45) is 2.71. The molecule has 6 heteroatoms. The summed E-state index contributed by atoms with van der Waals surface area (Å²) in [4.78, 5) is 21.5. The number of carboxylic acids is 1. The maximum Gasteiger partial charge on any atom is 0.244 e. The molecule has 0 saturated carbocycles. The minimum absolute atomic E-state index is 0.529. The number of carbonyl (C=O) groups is 2. The Morgan fingerprint density at radius 3 is 2.63 bits per heavy atom. The molecule has 6 nitrogen and oxygen atoms in total. The lowest BCUT2D eigenvalue weighted by molar-refractivity contribution is -0.303. The first kappa shape index (κ1) is 14.6. The van der Waals surface area contributed by atoms with Crippen molar-refractivity contribution in [1.29, 1.82) is 0 Å². The van der Waals surface area contributed by atoms with E-state index >= 15 is 0 Å². The van der Waals surface area contributed by atoms with E-state index in [0.29, 0.717) is 17.1 Å². The summed E-state index contributed by atoms with van der Waals surface area (Å²) >= 11 is 0. The van der Waals surface area contributed by atoms with Crippen molar-refractivity contribution < 1.29 is 24.2 Å². The van der Waals surface area contributed by atoms with E-state index in [0.717, 1.165) is 0 Å². The molecule has 102 valence electrons. The van der Waals surface area contributed by atoms with E-state index in [1.54, 1.807) is 18.2 Å². The first-order valence-corrected chi connectivity index (χ1v) is 5.44. The number of aliphatic carboxylic acids is 1. The van der Waals surface area contributed by atoms with Crippen molar-refractivity contribution in [3.63, 3.8) is 0 Å². The summed E-state index contributed by atoms with van der Waals surface area (Å²) < 4.78 is 10.2. The number of methoxy groups -OCH3 is 2. The highest BCUT2D eigenvalue weighted by Gasteiger charge is 2.02. The van der Waals surface area contributed by atoms with Gasteiger partial charge in [0.25, 0.3) is 0 Å². The molecule has 0 aliphatic carbocycles. The average Bonchev–Trinajstić information content (AvgIpc) is 2.42. The van der Waals surface area contributed by atoms with Gasteiger partial charge in [0.05, 0.1) is 26.7 Å². The molecular formula is C13H14NO5-. The van der Waals surface area contributed by atoms with Crippen molar-refractivity contribution in [2.75, 3.05) is 20.8 Å². The van der Waals surface area contributed by atoms with Gasteiger partial charge in [0.15, 0.2) is 0 Å². The van der Waals surface area contributed by atoms with Crippen molar-refractivity contribution in [2.45, 2.75) is 0 Å². The lowest BCUT2D eigenvalue weighted by Crippen LogP contribution is -2.36. The van der Waals surface area contributed by atoms with E-state index < -0.39 is 18.4 Å². The van der Waals surface area contributed by atoms with Gasteiger partial charge in [0.2, 0.25) is 5.91 Å². The van der Waals surface area contributed by atoms with E-state index in [2.05, 4.69) is 5.32 Å². The van der Waals surface area contributed by atoms with Crippen LogP contribution in [0.15, 0.2) is 24.3 Å². The Kier molecular flexibility index (Phi) is 5.40. The minimum atomic E-state index is -1.35. The zero-order valence-corrected chi connectivity index (χ0v) is 10.6. The maximum absolute atomic E-state index is 11.3. The van der Waals surface area contributed by atoms with Crippen LogP contribution >= 0.6 is 0 Å². The fourth-order valence-electron chi connectivity index (χ4n) is 1.35. The van der Waals surface area contributed by atoms with Gasteiger partial charge in [-0.2, -0.15) is 0 Å². The average molecular weight is 264 g/mol. The van der Waals surface area contributed by atoms with Gasteiger partial charge >= 0.3 is 0 Å². The molecule has 0 atom stereocenters. The third kappa shape index (κ3) is 4.71. The molecule has 0 aliphatic heterocycles. The molecule has 1 rings (SSSR count). The number of amides is 1. The molecule has 1 aromatic rings. The van der Waals surface area contributed by atoms with Gasteiger partial charge in [-0.1, -0.05) is 0 Å². The van der Waals surface area contributed by atoms with Crippen molar-refractivity contribution in [2.24, 2.45) is 0 Å². The Balaban J connectivity index is 2.79. The van der Waals surface area contributed by atoms with Crippen LogP contribution in [0.25, 0.3) is 6.08 Å². The topological polar surface area (TPSA) is 87.7 Å². The Morgan fingerprint density at radius 2 is 2.05 bits per heavy atom. The van der Waals surface area contributed by atoms with Crippen LogP contribution in [-0.4, -0.2) is 32.6 Å². The fraction of sp³-hybridized carbons (Fsp3) is 0.231. The third-order valence-electron chi connectivity index (χ3n) is 2.26. The second kappa shape index (κ2) is 7.05. The van der Waals surface area contributed by atoms with Crippen LogP contribution in [0.5, 0.6) is 11.5 Å². The second-order valence-electron chi connectivity index (χ2n) is 3.53. The Morgan fingerprint density at radius 1 is 1.32 bits per heavy atom. The van der Waals surface area contributed by atoms with Crippen molar-refractivity contribution in [3.05, 3.63) is 29.8 Å². The molecule has 0 aliphatic rings. The highest BCUT2D eigenvalue weighted by Crippen LogP contribution is 2.24. The minimum Gasteiger partial charge on any atom is -0.548 e. The monoisotopic (exact) mass is 264 g/mol. The molecule has 1 aromatic carbocycles. The number of carbonyl (C=O) groups excluding carboxylic acids is 2. The third-order valence-corrected chi connectivity index (χ3v) is 2.26. The van der Waals surface area contributed by atoms with Crippen LogP contribution in [0.1, 0.15) is 5.56 Å². The number of hydrogen-bond donors (Lipinski definition) is 1. The summed E-state index contributed by atoms with van der Waals surface area (Å²) in [5, 5.41) is 12.3. The molecule has 1 amide bonds. The molecule has 19 heavy (non-hydrogen) atoms. The van der Waals surface area contributed by atoms with E-state index in [4.69, 9.17) is 9.47 Å². The van der Waals surface area contributed by atoms with Gasteiger partial charge in [-0.3, -0.25) is 4.79 Å². The van der Waals surface area contributed by atoms with Crippen LogP contribution in [0, 0.1) is 0 Å². The predicted molar refractivity (Wildman–Crippen MR) is 66.6 cm³/mol. The normalized spacial score (nSPS) is 10.2. The summed E-state index contributed by atoms with van der Waals surface area (Å²) in [7, 11) is 3.04. The lowest BCUT2D eigenvalue weighted by atomic mass is 10.1.